The van der Waals surface area contributed by atoms with E-state index in [0.29, 0.717) is 22.7 Å². The third-order valence-corrected chi connectivity index (χ3v) is 2.52. The van der Waals surface area contributed by atoms with Crippen molar-refractivity contribution in [2.24, 2.45) is 0 Å². The van der Waals surface area contributed by atoms with Gasteiger partial charge in [-0.2, -0.15) is 0 Å². The molecule has 0 aromatic heterocycles. The van der Waals surface area contributed by atoms with Crippen LogP contribution in [0, 0.1) is 0 Å². The third-order valence-electron chi connectivity index (χ3n) is 2.18. The van der Waals surface area contributed by atoms with E-state index < -0.39 is 11.6 Å². The van der Waals surface area contributed by atoms with Gasteiger partial charge in [-0.1, -0.05) is 11.6 Å². The highest BCUT2D eigenvalue weighted by molar-refractivity contribution is 6.33. The van der Waals surface area contributed by atoms with Crippen LogP contribution in [0.3, 0.4) is 0 Å². The fourth-order valence-corrected chi connectivity index (χ4v) is 1.27. The Morgan fingerprint density at radius 2 is 2.18 bits per heavy atom. The Morgan fingerprint density at radius 3 is 2.71 bits per heavy atom. The van der Waals surface area contributed by atoms with Crippen molar-refractivity contribution in [1.29, 1.82) is 0 Å². The van der Waals surface area contributed by atoms with Crippen molar-refractivity contribution in [2.45, 2.75) is 25.9 Å². The maximum absolute atomic E-state index is 11.6. The lowest BCUT2D eigenvalue weighted by Gasteiger charge is -2.16. The zero-order chi connectivity index (χ0) is 13.1. The number of nitrogens with two attached hydrogens (primary N) is 1. The Hall–Kier alpha value is -1.26. The molecule has 3 N–H and O–H groups in total. The van der Waals surface area contributed by atoms with E-state index in [-0.39, 0.29) is 6.61 Å². The first kappa shape index (κ1) is 13.8. The minimum atomic E-state index is -0.848. The van der Waals surface area contributed by atoms with E-state index in [4.69, 9.17) is 22.1 Å². The molecule has 0 aliphatic rings. The van der Waals surface area contributed by atoms with Gasteiger partial charge in [0.15, 0.2) is 0 Å². The molecule has 0 radical (unpaired) electrons. The van der Waals surface area contributed by atoms with Crippen LogP contribution in [0.5, 0.6) is 0 Å². The lowest BCUT2D eigenvalue weighted by atomic mass is 10.1. The van der Waals surface area contributed by atoms with Crippen LogP contribution < -0.4 is 5.73 Å². The number of aliphatic hydroxyl groups is 1. The predicted molar refractivity (Wildman–Crippen MR) is 67.1 cm³/mol. The molecular formula is C12H16ClNO3. The van der Waals surface area contributed by atoms with Crippen molar-refractivity contribution in [1.82, 2.24) is 0 Å². The highest BCUT2D eigenvalue weighted by atomic mass is 35.5. The van der Waals surface area contributed by atoms with Crippen LogP contribution in [0.2, 0.25) is 5.02 Å². The Morgan fingerprint density at radius 1 is 1.53 bits per heavy atom. The summed E-state index contributed by atoms with van der Waals surface area (Å²) in [5.41, 5.74) is 5.42. The van der Waals surface area contributed by atoms with Crippen LogP contribution >= 0.6 is 11.6 Å². The predicted octanol–water partition coefficient (Wildman–Crippen LogP) is 2.24. The Bertz CT molecular complexity index is 413. The number of carbonyl (C=O) groups is 1. The molecule has 1 rings (SSSR count). The molecule has 0 aliphatic heterocycles. The van der Waals surface area contributed by atoms with E-state index in [1.807, 2.05) is 0 Å². The molecule has 1 aromatic rings. The Labute approximate surface area is 105 Å². The van der Waals surface area contributed by atoms with Crippen molar-refractivity contribution in [3.05, 3.63) is 28.8 Å². The van der Waals surface area contributed by atoms with Crippen molar-refractivity contribution in [3.8, 4) is 0 Å². The number of ether oxygens (including phenoxy) is 1. The molecule has 0 atom stereocenters. The molecule has 0 unspecified atom stereocenters. The summed E-state index contributed by atoms with van der Waals surface area (Å²) in [5, 5.41) is 9.85. The number of nitrogen functional groups attached to an aromatic ring is 1. The average Bonchev–Trinajstić information content (AvgIpc) is 2.20. The molecule has 0 saturated carbocycles. The van der Waals surface area contributed by atoms with E-state index in [9.17, 15) is 9.90 Å². The smallest absolute Gasteiger partial charge is 0.338 e. The second-order valence-corrected chi connectivity index (χ2v) is 4.84. The zero-order valence-electron chi connectivity index (χ0n) is 9.87. The minimum absolute atomic E-state index is 0.158. The molecule has 17 heavy (non-hydrogen) atoms. The maximum Gasteiger partial charge on any atom is 0.338 e. The van der Waals surface area contributed by atoms with Gasteiger partial charge < -0.3 is 15.6 Å². The highest BCUT2D eigenvalue weighted by Gasteiger charge is 2.14. The summed E-state index contributed by atoms with van der Waals surface area (Å²) < 4.78 is 5.00. The molecular weight excluding hydrogens is 242 g/mol. The Kier molecular flexibility index (Phi) is 4.37. The van der Waals surface area contributed by atoms with E-state index in [1.54, 1.807) is 26.0 Å². The largest absolute Gasteiger partial charge is 0.462 e. The normalized spacial score (nSPS) is 11.3. The maximum atomic E-state index is 11.6. The van der Waals surface area contributed by atoms with Gasteiger partial charge in [0.05, 0.1) is 28.5 Å². The minimum Gasteiger partial charge on any atom is -0.462 e. The van der Waals surface area contributed by atoms with Crippen LogP contribution in [-0.2, 0) is 4.74 Å². The zero-order valence-corrected chi connectivity index (χ0v) is 10.6. The van der Waals surface area contributed by atoms with Crippen LogP contribution in [0.1, 0.15) is 30.6 Å². The van der Waals surface area contributed by atoms with Gasteiger partial charge in [-0.05, 0) is 32.0 Å². The molecule has 5 heteroatoms. The van der Waals surface area contributed by atoms with Crippen molar-refractivity contribution >= 4 is 23.3 Å². The molecule has 0 fully saturated rings. The summed E-state index contributed by atoms with van der Waals surface area (Å²) in [6.45, 7) is 3.47. The molecule has 1 aromatic carbocycles. The van der Waals surface area contributed by atoms with Gasteiger partial charge in [0, 0.05) is 6.42 Å². The van der Waals surface area contributed by atoms with E-state index in [1.165, 1.54) is 6.07 Å². The van der Waals surface area contributed by atoms with Gasteiger partial charge in [0.1, 0.15) is 0 Å². The molecule has 0 amide bonds. The van der Waals surface area contributed by atoms with Gasteiger partial charge in [0.2, 0.25) is 0 Å². The second kappa shape index (κ2) is 5.38. The SMILES string of the molecule is CC(C)(O)CCOC(=O)c1ccc(Cl)c(N)c1. The van der Waals surface area contributed by atoms with Crippen LogP contribution in [0.25, 0.3) is 0 Å². The van der Waals surface area contributed by atoms with Gasteiger partial charge in [-0.3, -0.25) is 0 Å². The quantitative estimate of drug-likeness (QED) is 0.641. The van der Waals surface area contributed by atoms with Crippen molar-refractivity contribution < 1.29 is 14.6 Å². The number of esters is 1. The molecule has 4 nitrogen and oxygen atoms in total. The number of carbonyl (C=O) groups excluding carboxylic acids is 1. The van der Waals surface area contributed by atoms with Gasteiger partial charge in [-0.15, -0.1) is 0 Å². The number of rotatable bonds is 4. The summed E-state index contributed by atoms with van der Waals surface area (Å²) in [6, 6.07) is 4.56. The summed E-state index contributed by atoms with van der Waals surface area (Å²) in [4.78, 5) is 11.6. The molecule has 0 aliphatic carbocycles. The molecule has 0 bridgehead atoms. The summed E-state index contributed by atoms with van der Waals surface area (Å²) >= 11 is 5.74. The number of anilines is 1. The molecule has 94 valence electrons. The lowest BCUT2D eigenvalue weighted by molar-refractivity contribution is 0.0244. The summed E-state index contributed by atoms with van der Waals surface area (Å²) in [6.07, 6.45) is 0.377. The lowest BCUT2D eigenvalue weighted by Crippen LogP contribution is -2.22. The van der Waals surface area contributed by atoms with Gasteiger partial charge in [0.25, 0.3) is 0 Å². The van der Waals surface area contributed by atoms with E-state index >= 15 is 0 Å². The topological polar surface area (TPSA) is 72.5 Å². The first-order valence-electron chi connectivity index (χ1n) is 5.24. The highest BCUT2D eigenvalue weighted by Crippen LogP contribution is 2.20. The van der Waals surface area contributed by atoms with E-state index in [2.05, 4.69) is 0 Å². The van der Waals surface area contributed by atoms with Crippen LogP contribution in [0.15, 0.2) is 18.2 Å². The fraction of sp³-hybridized carbons (Fsp3) is 0.417. The van der Waals surface area contributed by atoms with Gasteiger partial charge in [-0.25, -0.2) is 4.79 Å². The fourth-order valence-electron chi connectivity index (χ4n) is 1.15. The monoisotopic (exact) mass is 257 g/mol. The van der Waals surface area contributed by atoms with Crippen LogP contribution in [0.4, 0.5) is 5.69 Å². The van der Waals surface area contributed by atoms with Crippen LogP contribution in [-0.4, -0.2) is 23.3 Å². The number of halogens is 1. The number of hydrogen-bond acceptors (Lipinski definition) is 4. The first-order valence-corrected chi connectivity index (χ1v) is 5.62. The first-order chi connectivity index (χ1) is 7.79. The molecule has 0 heterocycles. The number of hydrogen-bond donors (Lipinski definition) is 2. The van der Waals surface area contributed by atoms with Gasteiger partial charge >= 0.3 is 5.97 Å². The third kappa shape index (κ3) is 4.63. The van der Waals surface area contributed by atoms with Crippen molar-refractivity contribution in [2.75, 3.05) is 12.3 Å². The standard InChI is InChI=1S/C12H16ClNO3/c1-12(2,16)5-6-17-11(15)8-3-4-9(13)10(14)7-8/h3-4,7,16H,5-6,14H2,1-2H3. The number of benzene rings is 1. The Balaban J connectivity index is 2.56. The molecule has 0 spiro atoms. The van der Waals surface area contributed by atoms with Crippen molar-refractivity contribution in [3.63, 3.8) is 0 Å². The molecule has 0 saturated heterocycles. The van der Waals surface area contributed by atoms with E-state index in [0.717, 1.165) is 0 Å². The summed E-state index contributed by atoms with van der Waals surface area (Å²) in [7, 11) is 0. The average molecular weight is 258 g/mol. The second-order valence-electron chi connectivity index (χ2n) is 4.43. The summed E-state index contributed by atoms with van der Waals surface area (Å²) in [5.74, 6) is -0.474.